The van der Waals surface area contributed by atoms with Gasteiger partial charge >= 0.3 is 0 Å². The van der Waals surface area contributed by atoms with E-state index in [0.29, 0.717) is 18.0 Å². The molecule has 0 saturated carbocycles. The Bertz CT molecular complexity index is 1170. The predicted molar refractivity (Wildman–Crippen MR) is 118 cm³/mol. The van der Waals surface area contributed by atoms with Crippen molar-refractivity contribution >= 4 is 27.5 Å². The lowest BCUT2D eigenvalue weighted by molar-refractivity contribution is 0.0992. The molecule has 0 unspecified atom stereocenters. The third kappa shape index (κ3) is 5.18. The Labute approximate surface area is 182 Å². The number of benzene rings is 2. The van der Waals surface area contributed by atoms with Crippen LogP contribution < -0.4 is 10.1 Å². The van der Waals surface area contributed by atoms with Gasteiger partial charge in [0.05, 0.1) is 17.2 Å². The predicted octanol–water partition coefficient (Wildman–Crippen LogP) is 5.43. The molecular weight excluding hydrogens is 446 g/mol. The summed E-state index contributed by atoms with van der Waals surface area (Å²) in [6, 6.07) is 18.8. The number of carbonyl (C=O) groups is 1. The zero-order valence-electron chi connectivity index (χ0n) is 16.3. The summed E-state index contributed by atoms with van der Waals surface area (Å²) in [7, 11) is 0. The van der Waals surface area contributed by atoms with Crippen molar-refractivity contribution < 1.29 is 13.9 Å². The van der Waals surface area contributed by atoms with Crippen LogP contribution in [0, 0.1) is 6.92 Å². The third-order valence-electron chi connectivity index (χ3n) is 4.39. The van der Waals surface area contributed by atoms with Crippen molar-refractivity contribution in [2.24, 2.45) is 0 Å². The SMILES string of the molecule is Cc1cccc(OCc2ccc(C(=O)Nc3cccc(Cn4cc(Br)cn4)c3)o2)c1. The van der Waals surface area contributed by atoms with Gasteiger partial charge in [0.25, 0.3) is 5.91 Å². The largest absolute Gasteiger partial charge is 0.486 e. The fraction of sp³-hybridized carbons (Fsp3) is 0.130. The summed E-state index contributed by atoms with van der Waals surface area (Å²) in [6.45, 7) is 2.87. The van der Waals surface area contributed by atoms with Crippen LogP contribution in [0.1, 0.15) is 27.4 Å². The highest BCUT2D eigenvalue weighted by Gasteiger charge is 2.12. The molecule has 2 heterocycles. The van der Waals surface area contributed by atoms with E-state index in [0.717, 1.165) is 21.3 Å². The summed E-state index contributed by atoms with van der Waals surface area (Å²) in [6.07, 6.45) is 3.64. The highest BCUT2D eigenvalue weighted by Crippen LogP contribution is 2.18. The van der Waals surface area contributed by atoms with E-state index in [2.05, 4.69) is 26.3 Å². The van der Waals surface area contributed by atoms with Crippen molar-refractivity contribution in [3.05, 3.63) is 100 Å². The summed E-state index contributed by atoms with van der Waals surface area (Å²) in [5.74, 6) is 1.27. The van der Waals surface area contributed by atoms with E-state index in [9.17, 15) is 4.79 Å². The summed E-state index contributed by atoms with van der Waals surface area (Å²) >= 11 is 3.39. The van der Waals surface area contributed by atoms with Crippen molar-refractivity contribution in [1.29, 1.82) is 0 Å². The van der Waals surface area contributed by atoms with E-state index in [1.807, 2.05) is 66.3 Å². The molecule has 0 bridgehead atoms. The minimum atomic E-state index is -0.309. The first-order chi connectivity index (χ1) is 14.5. The number of anilines is 1. The van der Waals surface area contributed by atoms with Crippen LogP contribution in [0.15, 0.2) is 81.9 Å². The van der Waals surface area contributed by atoms with Crippen LogP contribution in [-0.2, 0) is 13.2 Å². The molecule has 0 fully saturated rings. The number of nitrogens with one attached hydrogen (secondary N) is 1. The molecule has 6 nitrogen and oxygen atoms in total. The molecule has 0 radical (unpaired) electrons. The van der Waals surface area contributed by atoms with Gasteiger partial charge in [-0.1, -0.05) is 24.3 Å². The highest BCUT2D eigenvalue weighted by molar-refractivity contribution is 9.10. The lowest BCUT2D eigenvalue weighted by atomic mass is 10.2. The van der Waals surface area contributed by atoms with Gasteiger partial charge in [0, 0.05) is 11.9 Å². The first-order valence-corrected chi connectivity index (χ1v) is 10.2. The number of halogens is 1. The smallest absolute Gasteiger partial charge is 0.291 e. The fourth-order valence-electron chi connectivity index (χ4n) is 2.99. The molecule has 1 N–H and O–H groups in total. The standard InChI is InChI=1S/C23H20BrN3O3/c1-16-4-2-7-20(10-16)29-15-21-8-9-22(30-21)23(28)26-19-6-3-5-17(11-19)13-27-14-18(24)12-25-27/h2-12,14H,13,15H2,1H3,(H,26,28). The normalized spacial score (nSPS) is 10.7. The van der Waals surface area contributed by atoms with Crippen molar-refractivity contribution in [3.8, 4) is 5.75 Å². The number of aryl methyl sites for hydroxylation is 1. The van der Waals surface area contributed by atoms with Gasteiger partial charge in [-0.15, -0.1) is 0 Å². The summed E-state index contributed by atoms with van der Waals surface area (Å²) in [5, 5.41) is 7.12. The maximum Gasteiger partial charge on any atom is 0.291 e. The average Bonchev–Trinajstić information content (AvgIpc) is 3.36. The van der Waals surface area contributed by atoms with Gasteiger partial charge < -0.3 is 14.5 Å². The minimum Gasteiger partial charge on any atom is -0.486 e. The highest BCUT2D eigenvalue weighted by atomic mass is 79.9. The van der Waals surface area contributed by atoms with E-state index in [1.54, 1.807) is 18.3 Å². The zero-order valence-corrected chi connectivity index (χ0v) is 17.9. The van der Waals surface area contributed by atoms with Crippen molar-refractivity contribution in [3.63, 3.8) is 0 Å². The topological polar surface area (TPSA) is 69.3 Å². The molecule has 0 aliphatic carbocycles. The molecule has 0 spiro atoms. The van der Waals surface area contributed by atoms with Gasteiger partial charge in [0.1, 0.15) is 18.1 Å². The Balaban J connectivity index is 1.36. The van der Waals surface area contributed by atoms with Crippen LogP contribution in [0.25, 0.3) is 0 Å². The Morgan fingerprint density at radius 3 is 2.83 bits per heavy atom. The van der Waals surface area contributed by atoms with Gasteiger partial charge in [-0.25, -0.2) is 0 Å². The number of nitrogens with zero attached hydrogens (tertiary/aromatic N) is 2. The number of hydrogen-bond acceptors (Lipinski definition) is 4. The van der Waals surface area contributed by atoms with Crippen molar-refractivity contribution in [2.75, 3.05) is 5.32 Å². The lowest BCUT2D eigenvalue weighted by Gasteiger charge is -2.07. The molecule has 4 aromatic rings. The van der Waals surface area contributed by atoms with Crippen LogP contribution in [0.4, 0.5) is 5.69 Å². The quantitative estimate of drug-likeness (QED) is 0.395. The molecule has 2 aromatic carbocycles. The number of rotatable bonds is 7. The average molecular weight is 466 g/mol. The van der Waals surface area contributed by atoms with Gasteiger partial charge in [0.2, 0.25) is 0 Å². The van der Waals surface area contributed by atoms with Crippen LogP contribution in [0.2, 0.25) is 0 Å². The molecule has 2 aromatic heterocycles. The Morgan fingerprint density at radius 1 is 1.17 bits per heavy atom. The van der Waals surface area contributed by atoms with Gasteiger partial charge in [0.15, 0.2) is 5.76 Å². The number of ether oxygens (including phenoxy) is 1. The first kappa shape index (κ1) is 20.0. The van der Waals surface area contributed by atoms with Crippen LogP contribution >= 0.6 is 15.9 Å². The Morgan fingerprint density at radius 2 is 2.03 bits per heavy atom. The molecule has 7 heteroatoms. The van der Waals surface area contributed by atoms with E-state index in [-0.39, 0.29) is 18.3 Å². The maximum absolute atomic E-state index is 12.5. The molecule has 0 aliphatic heterocycles. The molecule has 0 saturated heterocycles. The van der Waals surface area contributed by atoms with E-state index in [1.165, 1.54) is 0 Å². The minimum absolute atomic E-state index is 0.235. The Hall–Kier alpha value is -3.32. The summed E-state index contributed by atoms with van der Waals surface area (Å²) < 4.78 is 14.1. The summed E-state index contributed by atoms with van der Waals surface area (Å²) in [4.78, 5) is 12.5. The molecule has 30 heavy (non-hydrogen) atoms. The fourth-order valence-corrected chi connectivity index (χ4v) is 3.32. The van der Waals surface area contributed by atoms with Crippen LogP contribution in [-0.4, -0.2) is 15.7 Å². The van der Waals surface area contributed by atoms with Gasteiger partial charge in [-0.3, -0.25) is 9.48 Å². The van der Waals surface area contributed by atoms with Gasteiger partial charge in [-0.05, 0) is 70.4 Å². The van der Waals surface area contributed by atoms with E-state index >= 15 is 0 Å². The van der Waals surface area contributed by atoms with Crippen LogP contribution in [0.5, 0.6) is 5.75 Å². The molecule has 0 aliphatic rings. The van der Waals surface area contributed by atoms with Crippen molar-refractivity contribution in [2.45, 2.75) is 20.1 Å². The molecule has 1 amide bonds. The number of carbonyl (C=O) groups excluding carboxylic acids is 1. The Kier molecular flexibility index (Phi) is 5.99. The third-order valence-corrected chi connectivity index (χ3v) is 4.80. The molecule has 4 rings (SSSR count). The number of furan rings is 1. The van der Waals surface area contributed by atoms with Crippen LogP contribution in [0.3, 0.4) is 0 Å². The van der Waals surface area contributed by atoms with Crippen molar-refractivity contribution in [1.82, 2.24) is 9.78 Å². The molecule has 152 valence electrons. The number of hydrogen-bond donors (Lipinski definition) is 1. The monoisotopic (exact) mass is 465 g/mol. The number of aromatic nitrogens is 2. The van der Waals surface area contributed by atoms with E-state index in [4.69, 9.17) is 9.15 Å². The zero-order chi connectivity index (χ0) is 20.9. The number of amides is 1. The second-order valence-corrected chi connectivity index (χ2v) is 7.80. The van der Waals surface area contributed by atoms with Gasteiger partial charge in [-0.2, -0.15) is 5.10 Å². The molecule has 0 atom stereocenters. The summed E-state index contributed by atoms with van der Waals surface area (Å²) in [5.41, 5.74) is 2.84. The molecular formula is C23H20BrN3O3. The van der Waals surface area contributed by atoms with E-state index < -0.39 is 0 Å². The first-order valence-electron chi connectivity index (χ1n) is 9.41. The maximum atomic E-state index is 12.5. The lowest BCUT2D eigenvalue weighted by Crippen LogP contribution is -2.11. The second-order valence-electron chi connectivity index (χ2n) is 6.88. The second kappa shape index (κ2) is 9.00.